The van der Waals surface area contributed by atoms with Gasteiger partial charge in [-0.15, -0.1) is 0 Å². The van der Waals surface area contributed by atoms with Crippen molar-refractivity contribution >= 4 is 10.0 Å². The van der Waals surface area contributed by atoms with Crippen LogP contribution in [0.3, 0.4) is 0 Å². The number of hydrogen-bond donors (Lipinski definition) is 1. The van der Waals surface area contributed by atoms with Crippen molar-refractivity contribution in [3.8, 4) is 6.07 Å². The molecule has 1 saturated carbocycles. The van der Waals surface area contributed by atoms with Crippen molar-refractivity contribution < 1.29 is 13.2 Å². The molecule has 1 rings (SSSR count). The van der Waals surface area contributed by atoms with E-state index in [0.29, 0.717) is 25.4 Å². The van der Waals surface area contributed by atoms with Crippen LogP contribution in [0.5, 0.6) is 0 Å². The summed E-state index contributed by atoms with van der Waals surface area (Å²) in [7, 11) is -3.45. The maximum Gasteiger partial charge on any atom is 0.215 e. The third-order valence-electron chi connectivity index (χ3n) is 3.80. The molecule has 1 aliphatic carbocycles. The van der Waals surface area contributed by atoms with Gasteiger partial charge in [0.05, 0.1) is 18.4 Å². The van der Waals surface area contributed by atoms with E-state index in [1.807, 2.05) is 6.92 Å². The Bertz CT molecular complexity index is 406. The van der Waals surface area contributed by atoms with E-state index in [2.05, 4.69) is 17.7 Å². The molecule has 0 heterocycles. The van der Waals surface area contributed by atoms with Crippen molar-refractivity contribution in [1.82, 2.24) is 4.72 Å². The first-order valence-corrected chi connectivity index (χ1v) is 8.63. The average Bonchev–Trinajstić information content (AvgIpc) is 2.39. The highest BCUT2D eigenvalue weighted by molar-refractivity contribution is 7.89. The van der Waals surface area contributed by atoms with E-state index in [4.69, 9.17) is 4.74 Å². The van der Waals surface area contributed by atoms with Gasteiger partial charge in [-0.25, -0.2) is 8.42 Å². The summed E-state index contributed by atoms with van der Waals surface area (Å²) in [5.74, 6) is 0.538. The molecule has 110 valence electrons. The number of nitrogens with one attached hydrogen (secondary N) is 1. The molecule has 0 aromatic carbocycles. The number of nitrogens with zero attached hydrogens (tertiary/aromatic N) is 1. The monoisotopic (exact) mass is 288 g/mol. The Kier molecular flexibility index (Phi) is 6.24. The normalized spacial score (nSPS) is 27.9. The van der Waals surface area contributed by atoms with Crippen molar-refractivity contribution in [2.24, 2.45) is 5.92 Å². The first-order valence-electron chi connectivity index (χ1n) is 6.97. The fraction of sp³-hybridized carbons (Fsp3) is 0.923. The van der Waals surface area contributed by atoms with Crippen LogP contribution in [0.15, 0.2) is 0 Å². The van der Waals surface area contributed by atoms with E-state index < -0.39 is 15.6 Å². The van der Waals surface area contributed by atoms with Gasteiger partial charge in [0.25, 0.3) is 0 Å². The van der Waals surface area contributed by atoms with Crippen molar-refractivity contribution in [1.29, 1.82) is 5.26 Å². The molecule has 0 atom stereocenters. The summed E-state index contributed by atoms with van der Waals surface area (Å²) in [6, 6.07) is 2.18. The zero-order chi connectivity index (χ0) is 14.4. The fourth-order valence-corrected chi connectivity index (χ4v) is 3.76. The summed E-state index contributed by atoms with van der Waals surface area (Å²) in [5.41, 5.74) is -0.906. The zero-order valence-corrected chi connectivity index (χ0v) is 12.6. The number of nitriles is 1. The van der Waals surface area contributed by atoms with Crippen molar-refractivity contribution in [2.45, 2.75) is 51.5 Å². The van der Waals surface area contributed by atoms with Gasteiger partial charge in [0.2, 0.25) is 10.0 Å². The summed E-state index contributed by atoms with van der Waals surface area (Å²) in [6.45, 7) is 4.63. The van der Waals surface area contributed by atoms with Crippen molar-refractivity contribution in [2.75, 3.05) is 19.0 Å². The molecule has 1 aliphatic rings. The zero-order valence-electron chi connectivity index (χ0n) is 11.8. The maximum atomic E-state index is 11.9. The highest BCUT2D eigenvalue weighted by Crippen LogP contribution is 2.33. The SMILES string of the molecule is CCOCCS(=O)(=O)NC1(C#N)CCC(CC)CC1. The summed E-state index contributed by atoms with van der Waals surface area (Å²) in [5, 5.41) is 9.33. The van der Waals surface area contributed by atoms with Crippen LogP contribution in [0.2, 0.25) is 0 Å². The molecular formula is C13H24N2O3S. The van der Waals surface area contributed by atoms with Gasteiger partial charge in [0, 0.05) is 6.61 Å². The van der Waals surface area contributed by atoms with Gasteiger partial charge >= 0.3 is 0 Å². The lowest BCUT2D eigenvalue weighted by atomic mass is 9.77. The average molecular weight is 288 g/mol. The smallest absolute Gasteiger partial charge is 0.215 e. The lowest BCUT2D eigenvalue weighted by Gasteiger charge is -2.34. The minimum Gasteiger partial charge on any atom is -0.381 e. The second kappa shape index (κ2) is 7.22. The standard InChI is InChI=1S/C13H24N2O3S/c1-3-12-5-7-13(11-14,8-6-12)15-19(16,17)10-9-18-4-2/h12,15H,3-10H2,1-2H3. The number of ether oxygens (including phenoxy) is 1. The molecule has 0 unspecified atom stereocenters. The summed E-state index contributed by atoms with van der Waals surface area (Å²) in [6.07, 6.45) is 4.14. The van der Waals surface area contributed by atoms with Gasteiger partial charge in [0.15, 0.2) is 0 Å². The Balaban J connectivity index is 2.59. The highest BCUT2D eigenvalue weighted by atomic mass is 32.2. The van der Waals surface area contributed by atoms with Crippen LogP contribution in [-0.2, 0) is 14.8 Å². The summed E-state index contributed by atoms with van der Waals surface area (Å²) < 4.78 is 31.5. The van der Waals surface area contributed by atoms with Gasteiger partial charge < -0.3 is 4.74 Å². The van der Waals surface area contributed by atoms with Crippen LogP contribution < -0.4 is 4.72 Å². The Morgan fingerprint density at radius 1 is 1.37 bits per heavy atom. The van der Waals surface area contributed by atoms with Crippen LogP contribution in [0.4, 0.5) is 0 Å². The second-order valence-corrected chi connectivity index (χ2v) is 7.01. The number of rotatable bonds is 7. The molecule has 0 amide bonds. The molecule has 0 radical (unpaired) electrons. The molecular weight excluding hydrogens is 264 g/mol. The minimum atomic E-state index is -3.45. The van der Waals surface area contributed by atoms with Gasteiger partial charge in [-0.1, -0.05) is 13.3 Å². The van der Waals surface area contributed by atoms with E-state index >= 15 is 0 Å². The summed E-state index contributed by atoms with van der Waals surface area (Å²) in [4.78, 5) is 0. The van der Waals surface area contributed by atoms with Gasteiger partial charge in [-0.2, -0.15) is 9.98 Å². The molecule has 0 saturated heterocycles. The summed E-state index contributed by atoms with van der Waals surface area (Å²) >= 11 is 0. The Labute approximate surface area is 116 Å². The molecule has 1 N–H and O–H groups in total. The van der Waals surface area contributed by atoms with Gasteiger partial charge in [0.1, 0.15) is 5.54 Å². The molecule has 0 bridgehead atoms. The van der Waals surface area contributed by atoms with Gasteiger partial charge in [-0.05, 0) is 38.5 Å². The predicted octanol–water partition coefficient (Wildman–Crippen LogP) is 1.80. The van der Waals surface area contributed by atoms with Crippen molar-refractivity contribution in [3.05, 3.63) is 0 Å². The molecule has 0 aromatic rings. The topological polar surface area (TPSA) is 79.2 Å². The van der Waals surface area contributed by atoms with Crippen LogP contribution in [0.25, 0.3) is 0 Å². The predicted molar refractivity (Wildman–Crippen MR) is 74.0 cm³/mol. The van der Waals surface area contributed by atoms with Crippen LogP contribution >= 0.6 is 0 Å². The number of sulfonamides is 1. The molecule has 6 heteroatoms. The molecule has 0 aliphatic heterocycles. The Morgan fingerprint density at radius 2 is 2.00 bits per heavy atom. The Hall–Kier alpha value is -0.640. The van der Waals surface area contributed by atoms with Crippen LogP contribution in [0, 0.1) is 17.2 Å². The maximum absolute atomic E-state index is 11.9. The third kappa shape index (κ3) is 5.09. The first kappa shape index (κ1) is 16.4. The van der Waals surface area contributed by atoms with E-state index in [1.165, 1.54) is 0 Å². The molecule has 1 fully saturated rings. The molecule has 0 spiro atoms. The fourth-order valence-electron chi connectivity index (χ4n) is 2.48. The molecule has 5 nitrogen and oxygen atoms in total. The van der Waals surface area contributed by atoms with E-state index in [0.717, 1.165) is 19.3 Å². The quantitative estimate of drug-likeness (QED) is 0.725. The van der Waals surface area contributed by atoms with E-state index in [1.54, 1.807) is 0 Å². The number of hydrogen-bond acceptors (Lipinski definition) is 4. The lowest BCUT2D eigenvalue weighted by molar-refractivity contribution is 0.163. The first-order chi connectivity index (χ1) is 8.97. The largest absolute Gasteiger partial charge is 0.381 e. The van der Waals surface area contributed by atoms with E-state index in [-0.39, 0.29) is 12.4 Å². The van der Waals surface area contributed by atoms with Crippen molar-refractivity contribution in [3.63, 3.8) is 0 Å². The van der Waals surface area contributed by atoms with E-state index in [9.17, 15) is 13.7 Å². The third-order valence-corrected chi connectivity index (χ3v) is 5.21. The highest BCUT2D eigenvalue weighted by Gasteiger charge is 2.38. The van der Waals surface area contributed by atoms with Gasteiger partial charge in [-0.3, -0.25) is 0 Å². The lowest BCUT2D eigenvalue weighted by Crippen LogP contribution is -2.50. The minimum absolute atomic E-state index is 0.0819. The van der Waals surface area contributed by atoms with Crippen LogP contribution in [0.1, 0.15) is 46.0 Å². The second-order valence-electron chi connectivity index (χ2n) is 5.16. The molecule has 19 heavy (non-hydrogen) atoms. The Morgan fingerprint density at radius 3 is 2.47 bits per heavy atom. The van der Waals surface area contributed by atoms with Crippen LogP contribution in [-0.4, -0.2) is 32.9 Å². The molecule has 0 aromatic heterocycles.